The van der Waals surface area contributed by atoms with Gasteiger partial charge in [0.05, 0.1) is 30.6 Å². The summed E-state index contributed by atoms with van der Waals surface area (Å²) in [5.74, 6) is -0.695. The number of carbonyl (C=O) groups excluding carboxylic acids is 1. The highest BCUT2D eigenvalue weighted by atomic mass is 79.9. The van der Waals surface area contributed by atoms with Gasteiger partial charge in [0, 0.05) is 11.0 Å². The largest absolute Gasteiger partial charge is 0.370 e. The summed E-state index contributed by atoms with van der Waals surface area (Å²) in [5, 5.41) is 0. The van der Waals surface area contributed by atoms with Crippen LogP contribution in [0.1, 0.15) is 22.0 Å². The van der Waals surface area contributed by atoms with Crippen LogP contribution in [0.25, 0.3) is 11.0 Å². The number of imidazole rings is 1. The van der Waals surface area contributed by atoms with Gasteiger partial charge in [0.25, 0.3) is 5.91 Å². The van der Waals surface area contributed by atoms with E-state index in [0.717, 1.165) is 10.0 Å². The van der Waals surface area contributed by atoms with Gasteiger partial charge in [-0.15, -0.1) is 0 Å². The van der Waals surface area contributed by atoms with E-state index in [9.17, 15) is 9.18 Å². The summed E-state index contributed by atoms with van der Waals surface area (Å²) in [4.78, 5) is 21.6. The summed E-state index contributed by atoms with van der Waals surface area (Å²) in [6, 6.07) is 10.4. The van der Waals surface area contributed by atoms with Crippen LogP contribution < -0.4 is 0 Å². The van der Waals surface area contributed by atoms with E-state index in [2.05, 4.69) is 25.9 Å². The number of nitrogens with zero attached hydrogens (tertiary/aromatic N) is 2. The van der Waals surface area contributed by atoms with Crippen molar-refractivity contribution in [3.63, 3.8) is 0 Å². The van der Waals surface area contributed by atoms with Gasteiger partial charge in [0.1, 0.15) is 17.4 Å². The summed E-state index contributed by atoms with van der Waals surface area (Å²) in [7, 11) is 0. The average Bonchev–Trinajstić information content (AvgIpc) is 3.09. The Hall–Kier alpha value is -2.25. The number of hydrogen-bond acceptors (Lipinski definition) is 3. The lowest BCUT2D eigenvalue weighted by Crippen LogP contribution is -2.42. The number of halogens is 2. The van der Waals surface area contributed by atoms with Crippen molar-refractivity contribution in [1.82, 2.24) is 14.9 Å². The minimum atomic E-state index is -0.460. The first-order valence-electron chi connectivity index (χ1n) is 7.91. The number of hydrogen-bond donors (Lipinski definition) is 1. The molecular formula is C18H15BrFN3O2. The fourth-order valence-corrected chi connectivity index (χ4v) is 3.33. The first-order chi connectivity index (χ1) is 12.1. The van der Waals surface area contributed by atoms with Crippen LogP contribution >= 0.6 is 15.9 Å². The van der Waals surface area contributed by atoms with Crippen LogP contribution in [0.3, 0.4) is 0 Å². The molecule has 1 N–H and O–H groups in total. The van der Waals surface area contributed by atoms with Crippen LogP contribution in [0.15, 0.2) is 47.2 Å². The normalized spacial score (nSPS) is 17.8. The Morgan fingerprint density at radius 1 is 1.32 bits per heavy atom. The lowest BCUT2D eigenvalue weighted by Gasteiger charge is -2.33. The summed E-state index contributed by atoms with van der Waals surface area (Å²) in [6.07, 6.45) is 1.26. The van der Waals surface area contributed by atoms with Crippen molar-refractivity contribution in [2.75, 3.05) is 19.7 Å². The minimum absolute atomic E-state index is 0.200. The molecule has 1 fully saturated rings. The van der Waals surface area contributed by atoms with Crippen molar-refractivity contribution in [1.29, 1.82) is 0 Å². The zero-order valence-electron chi connectivity index (χ0n) is 13.2. The summed E-state index contributed by atoms with van der Waals surface area (Å²) in [5.41, 5.74) is 2.27. The zero-order valence-corrected chi connectivity index (χ0v) is 14.8. The number of benzene rings is 2. The van der Waals surface area contributed by atoms with Crippen LogP contribution in [0.4, 0.5) is 4.39 Å². The highest BCUT2D eigenvalue weighted by Gasteiger charge is 2.27. The van der Waals surface area contributed by atoms with Crippen molar-refractivity contribution in [2.24, 2.45) is 0 Å². The molecule has 1 aliphatic rings. The zero-order chi connectivity index (χ0) is 17.4. The van der Waals surface area contributed by atoms with Gasteiger partial charge in [-0.1, -0.05) is 28.1 Å². The Morgan fingerprint density at radius 2 is 2.12 bits per heavy atom. The molecule has 1 atom stereocenters. The summed E-state index contributed by atoms with van der Waals surface area (Å²) >= 11 is 3.41. The van der Waals surface area contributed by atoms with Crippen molar-refractivity contribution < 1.29 is 13.9 Å². The molecule has 4 rings (SSSR count). The molecule has 128 valence electrons. The Bertz CT molecular complexity index is 926. The summed E-state index contributed by atoms with van der Waals surface area (Å²) in [6.45, 7) is 1.32. The van der Waals surface area contributed by atoms with Crippen molar-refractivity contribution in [2.45, 2.75) is 6.10 Å². The number of aromatic amines is 1. The molecule has 2 aromatic carbocycles. The van der Waals surface area contributed by atoms with E-state index in [1.165, 1.54) is 18.5 Å². The van der Waals surface area contributed by atoms with Crippen molar-refractivity contribution >= 4 is 32.9 Å². The number of carbonyl (C=O) groups is 1. The molecule has 5 nitrogen and oxygen atoms in total. The Balaban J connectivity index is 1.61. The SMILES string of the molecule is O=C(c1cc(F)cc2[nH]cnc12)N1CCO[C@H](c2ccc(Br)cc2)C1. The number of amides is 1. The van der Waals surface area contributed by atoms with E-state index in [0.29, 0.717) is 30.7 Å². The minimum Gasteiger partial charge on any atom is -0.370 e. The Morgan fingerprint density at radius 3 is 2.92 bits per heavy atom. The van der Waals surface area contributed by atoms with Gasteiger partial charge < -0.3 is 14.6 Å². The maximum Gasteiger partial charge on any atom is 0.256 e. The standard InChI is InChI=1S/C18H15BrFN3O2/c19-12-3-1-11(2-4-12)16-9-23(5-6-25-16)18(24)14-7-13(20)8-15-17(14)22-10-21-15/h1-4,7-8,10,16H,5-6,9H2,(H,21,22)/t16-/m0/s1. The molecule has 1 aromatic heterocycles. The smallest absolute Gasteiger partial charge is 0.256 e. The van der Waals surface area contributed by atoms with Crippen molar-refractivity contribution in [3.8, 4) is 0 Å². The molecular weight excluding hydrogens is 389 g/mol. The molecule has 2 heterocycles. The van der Waals surface area contributed by atoms with Gasteiger partial charge in [0.15, 0.2) is 0 Å². The number of rotatable bonds is 2. The van der Waals surface area contributed by atoms with Crippen LogP contribution in [0.2, 0.25) is 0 Å². The van der Waals surface area contributed by atoms with Gasteiger partial charge in [-0.2, -0.15) is 0 Å². The third kappa shape index (κ3) is 3.17. The molecule has 3 aromatic rings. The first kappa shape index (κ1) is 16.2. The fourth-order valence-electron chi connectivity index (χ4n) is 3.06. The predicted octanol–water partition coefficient (Wildman–Crippen LogP) is 3.68. The number of nitrogens with one attached hydrogen (secondary N) is 1. The van der Waals surface area contributed by atoms with Crippen LogP contribution in [-0.4, -0.2) is 40.5 Å². The number of ether oxygens (including phenoxy) is 1. The topological polar surface area (TPSA) is 58.2 Å². The molecule has 7 heteroatoms. The molecule has 1 saturated heterocycles. The number of aromatic nitrogens is 2. The van der Waals surface area contributed by atoms with E-state index in [-0.39, 0.29) is 17.6 Å². The highest BCUT2D eigenvalue weighted by molar-refractivity contribution is 9.10. The molecule has 0 spiro atoms. The van der Waals surface area contributed by atoms with Gasteiger partial charge in [-0.3, -0.25) is 4.79 Å². The second-order valence-corrected chi connectivity index (χ2v) is 6.83. The third-order valence-corrected chi connectivity index (χ3v) is 4.84. The van der Waals surface area contributed by atoms with Gasteiger partial charge in [-0.25, -0.2) is 9.37 Å². The molecule has 0 aliphatic carbocycles. The molecule has 0 unspecified atom stereocenters. The Labute approximate surface area is 151 Å². The maximum atomic E-state index is 13.8. The predicted molar refractivity (Wildman–Crippen MR) is 94.8 cm³/mol. The van der Waals surface area contributed by atoms with E-state index in [1.54, 1.807) is 4.90 Å². The first-order valence-corrected chi connectivity index (χ1v) is 8.70. The second kappa shape index (κ2) is 6.57. The number of fused-ring (bicyclic) bond motifs is 1. The van der Waals surface area contributed by atoms with Gasteiger partial charge in [0.2, 0.25) is 0 Å². The van der Waals surface area contributed by atoms with E-state index >= 15 is 0 Å². The number of H-pyrrole nitrogens is 1. The maximum absolute atomic E-state index is 13.8. The monoisotopic (exact) mass is 403 g/mol. The van der Waals surface area contributed by atoms with E-state index < -0.39 is 5.82 Å². The van der Waals surface area contributed by atoms with Crippen LogP contribution in [0, 0.1) is 5.82 Å². The lowest BCUT2D eigenvalue weighted by atomic mass is 10.1. The van der Waals surface area contributed by atoms with Crippen LogP contribution in [-0.2, 0) is 4.74 Å². The van der Waals surface area contributed by atoms with Crippen LogP contribution in [0.5, 0.6) is 0 Å². The molecule has 0 saturated carbocycles. The van der Waals surface area contributed by atoms with E-state index in [1.807, 2.05) is 24.3 Å². The molecule has 0 bridgehead atoms. The average molecular weight is 404 g/mol. The Kier molecular flexibility index (Phi) is 4.27. The second-order valence-electron chi connectivity index (χ2n) is 5.91. The molecule has 25 heavy (non-hydrogen) atoms. The number of morpholine rings is 1. The molecule has 0 radical (unpaired) electrons. The van der Waals surface area contributed by atoms with E-state index in [4.69, 9.17) is 4.74 Å². The highest BCUT2D eigenvalue weighted by Crippen LogP contribution is 2.26. The lowest BCUT2D eigenvalue weighted by molar-refractivity contribution is -0.0227. The third-order valence-electron chi connectivity index (χ3n) is 4.31. The fraction of sp³-hybridized carbons (Fsp3) is 0.222. The quantitative estimate of drug-likeness (QED) is 0.709. The van der Waals surface area contributed by atoms with Gasteiger partial charge >= 0.3 is 0 Å². The summed E-state index contributed by atoms with van der Waals surface area (Å²) < 4.78 is 20.6. The molecule has 1 aliphatic heterocycles. The molecule has 1 amide bonds. The van der Waals surface area contributed by atoms with Gasteiger partial charge in [-0.05, 0) is 29.8 Å². The van der Waals surface area contributed by atoms with Crippen molar-refractivity contribution in [3.05, 3.63) is 64.1 Å².